The first kappa shape index (κ1) is 25.0. The van der Waals surface area contributed by atoms with Gasteiger partial charge in [0.1, 0.15) is 9.79 Å². The molecule has 0 fully saturated rings. The molecule has 0 amide bonds. The molecule has 2 aromatic rings. The van der Waals surface area contributed by atoms with E-state index >= 15 is 0 Å². The van der Waals surface area contributed by atoms with Crippen LogP contribution in [0, 0.1) is 0 Å². The van der Waals surface area contributed by atoms with Gasteiger partial charge in [-0.3, -0.25) is 9.11 Å². The number of nitrogen functional groups attached to an aromatic ring is 2. The molecule has 2 rings (SSSR count). The summed E-state index contributed by atoms with van der Waals surface area (Å²) in [7, 11) is -13.3. The summed E-state index contributed by atoms with van der Waals surface area (Å²) in [6, 6.07) is 5.95. The molecule has 2 atom stereocenters. The van der Waals surface area contributed by atoms with Gasteiger partial charge in [-0.05, 0) is 35.4 Å². The van der Waals surface area contributed by atoms with Crippen molar-refractivity contribution in [3.63, 3.8) is 0 Å². The number of rotatable bonds is 8. The maximum Gasteiger partial charge on any atom is 0.296 e. The second-order valence-electron chi connectivity index (χ2n) is 6.65. The molecule has 0 radical (unpaired) electrons. The zero-order chi connectivity index (χ0) is 23.8. The monoisotopic (exact) mass is 496 g/mol. The Labute approximate surface area is 178 Å². The second kappa shape index (κ2) is 8.70. The van der Waals surface area contributed by atoms with Gasteiger partial charge in [0.25, 0.3) is 20.2 Å². The SMILES string of the molecule is Nc1cc(C(O)CS(=O)(=O)CC(O)c2ccc(S(=O)(=O)O)c(N)c2)ccc1S(=O)(=O)O. The van der Waals surface area contributed by atoms with E-state index < -0.39 is 75.0 Å². The summed E-state index contributed by atoms with van der Waals surface area (Å²) in [4.78, 5) is -1.21. The Morgan fingerprint density at radius 1 is 0.677 bits per heavy atom. The Morgan fingerprint density at radius 2 is 1.00 bits per heavy atom. The quantitative estimate of drug-likeness (QED) is 0.201. The lowest BCUT2D eigenvalue weighted by Crippen LogP contribution is -2.22. The largest absolute Gasteiger partial charge is 0.398 e. The van der Waals surface area contributed by atoms with E-state index in [0.29, 0.717) is 0 Å². The molecule has 0 heterocycles. The van der Waals surface area contributed by atoms with Crippen molar-refractivity contribution < 1.29 is 44.6 Å². The minimum absolute atomic E-state index is 0.0373. The number of nitrogens with two attached hydrogens (primary N) is 2. The predicted molar refractivity (Wildman–Crippen MR) is 110 cm³/mol. The minimum Gasteiger partial charge on any atom is -0.398 e. The standard InChI is InChI=1S/C16H20N2O10S3/c17-11-5-9(1-3-15(11)30(23,24)25)13(19)7-29(21,22)8-14(20)10-2-4-16(12(18)6-10)31(26,27)28/h1-6,13-14,19-20H,7-8,17-18H2,(H,23,24,25)(H,26,27,28). The number of aliphatic hydroxyl groups excluding tert-OH is 2. The average Bonchev–Trinajstić information content (AvgIpc) is 2.58. The average molecular weight is 497 g/mol. The molecule has 0 bridgehead atoms. The smallest absolute Gasteiger partial charge is 0.296 e. The van der Waals surface area contributed by atoms with Gasteiger partial charge < -0.3 is 21.7 Å². The van der Waals surface area contributed by atoms with E-state index in [2.05, 4.69) is 0 Å². The van der Waals surface area contributed by atoms with Crippen molar-refractivity contribution in [1.29, 1.82) is 0 Å². The maximum atomic E-state index is 12.4. The van der Waals surface area contributed by atoms with Crippen LogP contribution in [0.1, 0.15) is 23.3 Å². The zero-order valence-electron chi connectivity index (χ0n) is 15.7. The first-order valence-corrected chi connectivity index (χ1v) is 13.0. The third-order valence-electron chi connectivity index (χ3n) is 4.22. The molecule has 0 aliphatic rings. The van der Waals surface area contributed by atoms with Crippen LogP contribution in [0.3, 0.4) is 0 Å². The van der Waals surface area contributed by atoms with Crippen LogP contribution in [0.25, 0.3) is 0 Å². The molecule has 0 aliphatic carbocycles. The molecule has 0 aromatic heterocycles. The van der Waals surface area contributed by atoms with Gasteiger partial charge in [0.15, 0.2) is 9.84 Å². The Morgan fingerprint density at radius 3 is 1.26 bits per heavy atom. The molecule has 0 saturated carbocycles. The van der Waals surface area contributed by atoms with E-state index in [-0.39, 0.29) is 11.1 Å². The van der Waals surface area contributed by atoms with Crippen LogP contribution in [0.4, 0.5) is 11.4 Å². The van der Waals surface area contributed by atoms with Crippen molar-refractivity contribution in [3.05, 3.63) is 47.5 Å². The lowest BCUT2D eigenvalue weighted by Gasteiger charge is -2.16. The lowest BCUT2D eigenvalue weighted by molar-refractivity contribution is 0.194. The number of anilines is 2. The number of aliphatic hydroxyl groups is 2. The molecule has 0 saturated heterocycles. The summed E-state index contributed by atoms with van der Waals surface area (Å²) in [5, 5.41) is 20.4. The van der Waals surface area contributed by atoms with E-state index in [9.17, 15) is 35.5 Å². The Kier molecular flexibility index (Phi) is 7.01. The lowest BCUT2D eigenvalue weighted by atomic mass is 10.1. The summed E-state index contributed by atoms with van der Waals surface area (Å²) in [6.45, 7) is 0. The van der Waals surface area contributed by atoms with E-state index in [4.69, 9.17) is 20.6 Å². The van der Waals surface area contributed by atoms with Gasteiger partial charge in [0, 0.05) is 0 Å². The van der Waals surface area contributed by atoms with Crippen LogP contribution in [0.2, 0.25) is 0 Å². The molecule has 172 valence electrons. The van der Waals surface area contributed by atoms with E-state index in [1.54, 1.807) is 0 Å². The van der Waals surface area contributed by atoms with Gasteiger partial charge in [-0.15, -0.1) is 0 Å². The highest BCUT2D eigenvalue weighted by Crippen LogP contribution is 2.27. The maximum absolute atomic E-state index is 12.4. The van der Waals surface area contributed by atoms with Crippen molar-refractivity contribution >= 4 is 41.4 Å². The highest BCUT2D eigenvalue weighted by atomic mass is 32.2. The van der Waals surface area contributed by atoms with Gasteiger partial charge in [-0.2, -0.15) is 16.8 Å². The fourth-order valence-electron chi connectivity index (χ4n) is 2.76. The summed E-state index contributed by atoms with van der Waals surface area (Å²) < 4.78 is 87.4. The molecule has 8 N–H and O–H groups in total. The van der Waals surface area contributed by atoms with Crippen LogP contribution < -0.4 is 11.5 Å². The molecule has 2 aromatic carbocycles. The summed E-state index contributed by atoms with van der Waals surface area (Å²) in [5.41, 5.74) is 10.2. The molecule has 0 spiro atoms. The van der Waals surface area contributed by atoms with Crippen molar-refractivity contribution in [3.8, 4) is 0 Å². The summed E-state index contributed by atoms with van der Waals surface area (Å²) in [5.74, 6) is -1.71. The van der Waals surface area contributed by atoms with Crippen LogP contribution in [-0.4, -0.2) is 56.1 Å². The third kappa shape index (κ3) is 6.36. The fraction of sp³-hybridized carbons (Fsp3) is 0.250. The normalized spacial score (nSPS) is 14.8. The van der Waals surface area contributed by atoms with Crippen LogP contribution in [0.5, 0.6) is 0 Å². The molecule has 0 aliphatic heterocycles. The Hall–Kier alpha value is -2.27. The van der Waals surface area contributed by atoms with E-state index in [0.717, 1.165) is 36.4 Å². The van der Waals surface area contributed by atoms with Crippen molar-refractivity contribution in [2.24, 2.45) is 0 Å². The third-order valence-corrected chi connectivity index (χ3v) is 7.72. The topological polar surface area (TPSA) is 235 Å². The molecular weight excluding hydrogens is 476 g/mol. The molecule has 15 heteroatoms. The van der Waals surface area contributed by atoms with Crippen molar-refractivity contribution in [2.75, 3.05) is 23.0 Å². The fourth-order valence-corrected chi connectivity index (χ4v) is 5.44. The molecule has 2 unspecified atom stereocenters. The first-order valence-electron chi connectivity index (χ1n) is 8.31. The molecule has 12 nitrogen and oxygen atoms in total. The summed E-state index contributed by atoms with van der Waals surface area (Å²) in [6.07, 6.45) is -3.25. The van der Waals surface area contributed by atoms with Gasteiger partial charge in [-0.25, -0.2) is 8.42 Å². The predicted octanol–water partition coefficient (Wildman–Crippen LogP) is -0.474. The Balaban J connectivity index is 2.18. The first-order chi connectivity index (χ1) is 14.0. The van der Waals surface area contributed by atoms with Gasteiger partial charge in [0.05, 0.1) is 35.1 Å². The number of hydrogen-bond acceptors (Lipinski definition) is 10. The second-order valence-corrected chi connectivity index (χ2v) is 11.6. The Bertz CT molecular complexity index is 1210. The molecule has 31 heavy (non-hydrogen) atoms. The molecular formula is C16H20N2O10S3. The number of hydrogen-bond donors (Lipinski definition) is 6. The summed E-state index contributed by atoms with van der Waals surface area (Å²) >= 11 is 0. The van der Waals surface area contributed by atoms with Gasteiger partial charge in [-0.1, -0.05) is 12.1 Å². The number of sulfone groups is 1. The van der Waals surface area contributed by atoms with Crippen molar-refractivity contribution in [1.82, 2.24) is 0 Å². The van der Waals surface area contributed by atoms with Crippen LogP contribution in [-0.2, 0) is 30.1 Å². The van der Waals surface area contributed by atoms with Gasteiger partial charge in [0.2, 0.25) is 0 Å². The highest BCUT2D eigenvalue weighted by Gasteiger charge is 2.25. The van der Waals surface area contributed by atoms with Gasteiger partial charge >= 0.3 is 0 Å². The van der Waals surface area contributed by atoms with E-state index in [1.165, 1.54) is 0 Å². The van der Waals surface area contributed by atoms with Crippen LogP contribution >= 0.6 is 0 Å². The van der Waals surface area contributed by atoms with Crippen LogP contribution in [0.15, 0.2) is 46.2 Å². The number of benzene rings is 2. The highest BCUT2D eigenvalue weighted by molar-refractivity contribution is 7.91. The van der Waals surface area contributed by atoms with Crippen molar-refractivity contribution in [2.45, 2.75) is 22.0 Å². The zero-order valence-corrected chi connectivity index (χ0v) is 18.1. The minimum atomic E-state index is -4.60. The van der Waals surface area contributed by atoms with E-state index in [1.807, 2.05) is 0 Å².